The molecule has 110 valence electrons. The van der Waals surface area contributed by atoms with Crippen LogP contribution in [0.5, 0.6) is 0 Å². The molecule has 2 aromatic carbocycles. The first-order chi connectivity index (χ1) is 10.1. The van der Waals surface area contributed by atoms with Crippen LogP contribution in [0.15, 0.2) is 48.5 Å². The molecule has 1 heterocycles. The molecule has 0 saturated heterocycles. The maximum atomic E-state index is 14.5. The first kappa shape index (κ1) is 13.9. The molecular weight excluding hydrogens is 270 g/mol. The second-order valence-electron chi connectivity index (χ2n) is 5.48. The number of nitrogens with two attached hydrogens (primary N) is 1. The lowest BCUT2D eigenvalue weighted by Crippen LogP contribution is -2.38. The number of hydrogen-bond acceptors (Lipinski definition) is 2. The van der Waals surface area contributed by atoms with Crippen molar-refractivity contribution < 1.29 is 8.78 Å². The Morgan fingerprint density at radius 1 is 1.10 bits per heavy atom. The Morgan fingerprint density at radius 2 is 1.86 bits per heavy atom. The molecule has 0 radical (unpaired) electrons. The third-order valence-electron chi connectivity index (χ3n) is 3.91. The lowest BCUT2D eigenvalue weighted by molar-refractivity contribution is 0.00366. The molecule has 0 saturated carbocycles. The number of halogens is 2. The average Bonchev–Trinajstić information content (AvgIpc) is 2.48. The Balaban J connectivity index is 1.88. The van der Waals surface area contributed by atoms with E-state index in [1.54, 1.807) is 29.2 Å². The summed E-state index contributed by atoms with van der Waals surface area (Å²) in [4.78, 5) is 1.75. The maximum Gasteiger partial charge on any atom is 0.290 e. The van der Waals surface area contributed by atoms with Crippen LogP contribution in [-0.4, -0.2) is 13.1 Å². The fourth-order valence-corrected chi connectivity index (χ4v) is 2.84. The van der Waals surface area contributed by atoms with Gasteiger partial charge in [0.15, 0.2) is 0 Å². The van der Waals surface area contributed by atoms with Gasteiger partial charge in [-0.1, -0.05) is 36.4 Å². The van der Waals surface area contributed by atoms with Crippen LogP contribution >= 0.6 is 0 Å². The molecule has 0 spiro atoms. The van der Waals surface area contributed by atoms with Gasteiger partial charge in [-0.25, -0.2) is 0 Å². The maximum absolute atomic E-state index is 14.5. The molecular formula is C17H18F2N2. The number of benzene rings is 2. The Labute approximate surface area is 123 Å². The molecule has 2 nitrogen and oxygen atoms in total. The van der Waals surface area contributed by atoms with E-state index >= 15 is 0 Å². The van der Waals surface area contributed by atoms with Crippen molar-refractivity contribution in [2.45, 2.75) is 18.8 Å². The topological polar surface area (TPSA) is 29.3 Å². The fraction of sp³-hybridized carbons (Fsp3) is 0.294. The predicted molar refractivity (Wildman–Crippen MR) is 81.7 cm³/mol. The zero-order valence-electron chi connectivity index (χ0n) is 11.7. The zero-order valence-corrected chi connectivity index (χ0v) is 11.7. The molecule has 0 fully saturated rings. The number of nitrogen functional groups attached to an aromatic ring is 1. The minimum atomic E-state index is -2.87. The van der Waals surface area contributed by atoms with Crippen LogP contribution in [0.25, 0.3) is 0 Å². The van der Waals surface area contributed by atoms with E-state index in [1.165, 1.54) is 12.1 Å². The van der Waals surface area contributed by atoms with Crippen molar-refractivity contribution in [2.24, 2.45) is 0 Å². The summed E-state index contributed by atoms with van der Waals surface area (Å²) in [5.41, 5.74) is 8.42. The number of hydrogen-bond donors (Lipinski definition) is 1. The van der Waals surface area contributed by atoms with Crippen LogP contribution in [0, 0.1) is 0 Å². The molecule has 0 atom stereocenters. The van der Waals surface area contributed by atoms with Crippen molar-refractivity contribution in [1.82, 2.24) is 0 Å². The van der Waals surface area contributed by atoms with Gasteiger partial charge in [0.05, 0.1) is 6.54 Å². The minimum Gasteiger partial charge on any atom is -0.399 e. The van der Waals surface area contributed by atoms with Crippen LogP contribution in [-0.2, 0) is 12.3 Å². The first-order valence-electron chi connectivity index (χ1n) is 7.13. The molecule has 2 aromatic rings. The number of aryl methyl sites for hydroxylation is 1. The zero-order chi connectivity index (χ0) is 14.9. The Bertz CT molecular complexity index is 626. The van der Waals surface area contributed by atoms with E-state index in [9.17, 15) is 8.78 Å². The molecule has 4 heteroatoms. The van der Waals surface area contributed by atoms with E-state index in [1.807, 2.05) is 12.1 Å². The quantitative estimate of drug-likeness (QED) is 0.870. The normalized spacial score (nSPS) is 14.9. The monoisotopic (exact) mass is 288 g/mol. The number of fused-ring (bicyclic) bond motifs is 1. The molecule has 21 heavy (non-hydrogen) atoms. The lowest BCUT2D eigenvalue weighted by Gasteiger charge is -2.34. The van der Waals surface area contributed by atoms with Gasteiger partial charge in [-0.15, -0.1) is 0 Å². The van der Waals surface area contributed by atoms with Crippen LogP contribution < -0.4 is 10.6 Å². The number of rotatable bonds is 3. The Kier molecular flexibility index (Phi) is 3.53. The lowest BCUT2D eigenvalue weighted by atomic mass is 9.99. The third-order valence-corrected chi connectivity index (χ3v) is 3.91. The standard InChI is InChI=1S/C17H18F2N2/c18-17(19,14-6-2-1-3-7-14)12-21-10-4-5-13-8-9-15(20)11-16(13)21/h1-3,6-9,11H,4-5,10,12,20H2. The number of nitrogens with zero attached hydrogens (tertiary/aromatic N) is 1. The van der Waals surface area contributed by atoms with Crippen LogP contribution in [0.2, 0.25) is 0 Å². The SMILES string of the molecule is Nc1ccc2c(c1)N(CC(F)(F)c1ccccc1)CCC2. The fourth-order valence-electron chi connectivity index (χ4n) is 2.84. The molecule has 0 aromatic heterocycles. The molecule has 3 rings (SSSR count). The van der Waals surface area contributed by atoms with Crippen molar-refractivity contribution in [3.05, 3.63) is 59.7 Å². The van der Waals surface area contributed by atoms with Gasteiger partial charge in [-0.2, -0.15) is 8.78 Å². The van der Waals surface area contributed by atoms with Crippen LogP contribution in [0.1, 0.15) is 17.5 Å². The molecule has 1 aliphatic heterocycles. The smallest absolute Gasteiger partial charge is 0.290 e. The highest BCUT2D eigenvalue weighted by atomic mass is 19.3. The van der Waals surface area contributed by atoms with Gasteiger partial charge in [0.1, 0.15) is 0 Å². The van der Waals surface area contributed by atoms with Gasteiger partial charge in [0.25, 0.3) is 5.92 Å². The summed E-state index contributed by atoms with van der Waals surface area (Å²) < 4.78 is 28.9. The molecule has 0 unspecified atom stereocenters. The van der Waals surface area contributed by atoms with E-state index < -0.39 is 5.92 Å². The van der Waals surface area contributed by atoms with Gasteiger partial charge >= 0.3 is 0 Å². The molecule has 0 amide bonds. The highest BCUT2D eigenvalue weighted by molar-refractivity contribution is 5.62. The number of alkyl halides is 2. The average molecular weight is 288 g/mol. The van der Waals surface area contributed by atoms with Crippen molar-refractivity contribution in [2.75, 3.05) is 23.7 Å². The summed E-state index contributed by atoms with van der Waals surface area (Å²) in [5.74, 6) is -2.87. The molecule has 0 bridgehead atoms. The van der Waals surface area contributed by atoms with Crippen LogP contribution in [0.4, 0.5) is 20.2 Å². The van der Waals surface area contributed by atoms with Crippen molar-refractivity contribution in [3.8, 4) is 0 Å². The third kappa shape index (κ3) is 2.84. The summed E-state index contributed by atoms with van der Waals surface area (Å²) in [6, 6.07) is 13.6. The van der Waals surface area contributed by atoms with E-state index in [0.29, 0.717) is 12.2 Å². The summed E-state index contributed by atoms with van der Waals surface area (Å²) in [7, 11) is 0. The predicted octanol–water partition coefficient (Wildman–Crippen LogP) is 3.81. The van der Waals surface area contributed by atoms with E-state index in [-0.39, 0.29) is 12.1 Å². The van der Waals surface area contributed by atoms with E-state index in [4.69, 9.17) is 5.73 Å². The van der Waals surface area contributed by atoms with Gasteiger partial charge in [-0.3, -0.25) is 0 Å². The van der Waals surface area contributed by atoms with E-state index in [0.717, 1.165) is 24.1 Å². The second kappa shape index (κ2) is 5.35. The minimum absolute atomic E-state index is 0.0565. The van der Waals surface area contributed by atoms with Gasteiger partial charge in [0.2, 0.25) is 0 Å². The summed E-state index contributed by atoms with van der Waals surface area (Å²) in [6.45, 7) is 0.326. The van der Waals surface area contributed by atoms with Crippen molar-refractivity contribution in [3.63, 3.8) is 0 Å². The van der Waals surface area contributed by atoms with Crippen LogP contribution in [0.3, 0.4) is 0 Å². The summed E-state index contributed by atoms with van der Waals surface area (Å²) >= 11 is 0. The van der Waals surface area contributed by atoms with Gasteiger partial charge < -0.3 is 10.6 Å². The van der Waals surface area contributed by atoms with Gasteiger partial charge in [0, 0.05) is 23.5 Å². The van der Waals surface area contributed by atoms with Crippen molar-refractivity contribution in [1.29, 1.82) is 0 Å². The Hall–Kier alpha value is -2.10. The van der Waals surface area contributed by atoms with Gasteiger partial charge in [-0.05, 0) is 30.5 Å². The second-order valence-corrected chi connectivity index (χ2v) is 5.48. The summed E-state index contributed by atoms with van der Waals surface area (Å²) in [6.07, 6.45) is 1.81. The summed E-state index contributed by atoms with van der Waals surface area (Å²) in [5, 5.41) is 0. The first-order valence-corrected chi connectivity index (χ1v) is 7.13. The number of anilines is 2. The molecule has 1 aliphatic rings. The highest BCUT2D eigenvalue weighted by Crippen LogP contribution is 2.35. The largest absolute Gasteiger partial charge is 0.399 e. The van der Waals surface area contributed by atoms with Crippen molar-refractivity contribution >= 4 is 11.4 Å². The molecule has 2 N–H and O–H groups in total. The molecule has 0 aliphatic carbocycles. The van der Waals surface area contributed by atoms with E-state index in [2.05, 4.69) is 0 Å². The Morgan fingerprint density at radius 3 is 2.62 bits per heavy atom. The highest BCUT2D eigenvalue weighted by Gasteiger charge is 2.35.